The maximum atomic E-state index is 13.0. The number of urea groups is 1. The molecule has 0 aliphatic carbocycles. The molecule has 128 valence electrons. The number of nitrogens with zero attached hydrogens (tertiary/aromatic N) is 1. The Morgan fingerprint density at radius 1 is 1.12 bits per heavy atom. The topological polar surface area (TPSA) is 44.4 Å². The van der Waals surface area contributed by atoms with Gasteiger partial charge in [0.15, 0.2) is 0 Å². The third kappa shape index (κ3) is 3.81. The molecule has 0 bridgehead atoms. The van der Waals surface area contributed by atoms with Gasteiger partial charge in [0.25, 0.3) is 0 Å². The summed E-state index contributed by atoms with van der Waals surface area (Å²) in [6, 6.07) is 6.40. The van der Waals surface area contributed by atoms with Gasteiger partial charge in [0, 0.05) is 13.1 Å². The lowest BCUT2D eigenvalue weighted by atomic mass is 10.1. The highest BCUT2D eigenvalue weighted by Gasteiger charge is 2.32. The SMILES string of the molecule is O=C(Nc1cccs1)Nc1cc(C(F)(F)F)ccc1N1CCCC1. The predicted octanol–water partition coefficient (Wildman–Crippen LogP) is 5.01. The van der Waals surface area contributed by atoms with Crippen LogP contribution in [0.3, 0.4) is 0 Å². The number of hydrogen-bond donors (Lipinski definition) is 2. The first-order chi connectivity index (χ1) is 11.4. The van der Waals surface area contributed by atoms with Gasteiger partial charge in [-0.3, -0.25) is 5.32 Å². The third-order valence-electron chi connectivity index (χ3n) is 3.78. The molecule has 1 aromatic heterocycles. The number of carbonyl (C=O) groups is 1. The summed E-state index contributed by atoms with van der Waals surface area (Å²) in [6.07, 6.45) is -2.48. The van der Waals surface area contributed by atoms with E-state index < -0.39 is 17.8 Å². The van der Waals surface area contributed by atoms with E-state index in [0.29, 0.717) is 10.7 Å². The number of carbonyl (C=O) groups excluding carboxylic acids is 1. The van der Waals surface area contributed by atoms with Gasteiger partial charge in [-0.2, -0.15) is 13.2 Å². The molecule has 0 radical (unpaired) electrons. The summed E-state index contributed by atoms with van der Waals surface area (Å²) in [5.41, 5.74) is -0.000480. The molecule has 1 aliphatic heterocycles. The first-order valence-electron chi connectivity index (χ1n) is 7.51. The Hall–Kier alpha value is -2.22. The summed E-state index contributed by atoms with van der Waals surface area (Å²) in [7, 11) is 0. The molecule has 0 unspecified atom stereocenters. The number of alkyl halides is 3. The number of anilines is 3. The average molecular weight is 355 g/mol. The van der Waals surface area contributed by atoms with Crippen molar-refractivity contribution in [2.45, 2.75) is 19.0 Å². The highest BCUT2D eigenvalue weighted by Crippen LogP contribution is 2.36. The van der Waals surface area contributed by atoms with Crippen LogP contribution in [0.25, 0.3) is 0 Å². The van der Waals surface area contributed by atoms with Crippen LogP contribution in [-0.4, -0.2) is 19.1 Å². The summed E-state index contributed by atoms with van der Waals surface area (Å²) in [5.74, 6) is 0. The Kier molecular flexibility index (Phi) is 4.66. The number of halogens is 3. The lowest BCUT2D eigenvalue weighted by molar-refractivity contribution is -0.137. The van der Waals surface area contributed by atoms with Crippen LogP contribution in [0.1, 0.15) is 18.4 Å². The van der Waals surface area contributed by atoms with Gasteiger partial charge in [-0.15, -0.1) is 11.3 Å². The minimum atomic E-state index is -4.45. The Morgan fingerprint density at radius 2 is 1.88 bits per heavy atom. The number of rotatable bonds is 3. The quantitative estimate of drug-likeness (QED) is 0.813. The summed E-state index contributed by atoms with van der Waals surface area (Å²) in [5, 5.41) is 7.60. The molecule has 24 heavy (non-hydrogen) atoms. The van der Waals surface area contributed by atoms with Crippen molar-refractivity contribution < 1.29 is 18.0 Å². The number of benzene rings is 1. The van der Waals surface area contributed by atoms with Crippen LogP contribution < -0.4 is 15.5 Å². The molecule has 2 aromatic rings. The maximum absolute atomic E-state index is 13.0. The van der Waals surface area contributed by atoms with Crippen LogP contribution in [0.15, 0.2) is 35.7 Å². The summed E-state index contributed by atoms with van der Waals surface area (Å²) < 4.78 is 38.9. The van der Waals surface area contributed by atoms with E-state index in [0.717, 1.165) is 38.1 Å². The van der Waals surface area contributed by atoms with E-state index in [2.05, 4.69) is 10.6 Å². The zero-order valence-electron chi connectivity index (χ0n) is 12.7. The van der Waals surface area contributed by atoms with Gasteiger partial charge in [-0.25, -0.2) is 4.79 Å². The van der Waals surface area contributed by atoms with Crippen molar-refractivity contribution in [3.05, 3.63) is 41.3 Å². The minimum absolute atomic E-state index is 0.167. The number of amides is 2. The van der Waals surface area contributed by atoms with Crippen molar-refractivity contribution in [3.63, 3.8) is 0 Å². The van der Waals surface area contributed by atoms with Crippen molar-refractivity contribution >= 4 is 33.7 Å². The molecule has 1 aliphatic rings. The third-order valence-corrected chi connectivity index (χ3v) is 4.56. The molecule has 1 fully saturated rings. The van der Waals surface area contributed by atoms with Gasteiger partial charge in [-0.05, 0) is 48.6 Å². The van der Waals surface area contributed by atoms with E-state index in [-0.39, 0.29) is 5.69 Å². The second kappa shape index (κ2) is 6.72. The van der Waals surface area contributed by atoms with Crippen molar-refractivity contribution in [2.75, 3.05) is 28.6 Å². The fourth-order valence-electron chi connectivity index (χ4n) is 2.66. The molecular weight excluding hydrogens is 339 g/mol. The van der Waals surface area contributed by atoms with Gasteiger partial charge in [0.1, 0.15) is 0 Å². The van der Waals surface area contributed by atoms with E-state index in [1.165, 1.54) is 17.4 Å². The van der Waals surface area contributed by atoms with Gasteiger partial charge < -0.3 is 10.2 Å². The van der Waals surface area contributed by atoms with Gasteiger partial charge >= 0.3 is 12.2 Å². The van der Waals surface area contributed by atoms with Crippen LogP contribution >= 0.6 is 11.3 Å². The molecule has 3 rings (SSSR count). The Bertz CT molecular complexity index is 710. The lowest BCUT2D eigenvalue weighted by Crippen LogP contribution is -2.24. The minimum Gasteiger partial charge on any atom is -0.370 e. The van der Waals surface area contributed by atoms with Gasteiger partial charge in [-0.1, -0.05) is 0 Å². The van der Waals surface area contributed by atoms with Crippen LogP contribution in [-0.2, 0) is 6.18 Å². The predicted molar refractivity (Wildman–Crippen MR) is 89.9 cm³/mol. The van der Waals surface area contributed by atoms with E-state index in [1.807, 2.05) is 4.90 Å². The molecule has 0 spiro atoms. The molecule has 4 nitrogen and oxygen atoms in total. The molecular formula is C16H16F3N3OS. The smallest absolute Gasteiger partial charge is 0.370 e. The molecule has 2 heterocycles. The second-order valence-corrected chi connectivity index (χ2v) is 6.43. The number of thiophene rings is 1. The molecule has 1 saturated heterocycles. The number of hydrogen-bond acceptors (Lipinski definition) is 3. The van der Waals surface area contributed by atoms with E-state index in [4.69, 9.17) is 0 Å². The van der Waals surface area contributed by atoms with E-state index in [9.17, 15) is 18.0 Å². The molecule has 0 saturated carbocycles. The van der Waals surface area contributed by atoms with Crippen LogP contribution in [0.4, 0.5) is 34.3 Å². The lowest BCUT2D eigenvalue weighted by Gasteiger charge is -2.23. The molecule has 2 amide bonds. The zero-order valence-corrected chi connectivity index (χ0v) is 13.5. The van der Waals surface area contributed by atoms with Crippen molar-refractivity contribution in [3.8, 4) is 0 Å². The average Bonchev–Trinajstić information content (AvgIpc) is 3.19. The first kappa shape index (κ1) is 16.6. The van der Waals surface area contributed by atoms with Gasteiger partial charge in [0.2, 0.25) is 0 Å². The first-order valence-corrected chi connectivity index (χ1v) is 8.39. The monoisotopic (exact) mass is 355 g/mol. The summed E-state index contributed by atoms with van der Waals surface area (Å²) >= 11 is 1.34. The highest BCUT2D eigenvalue weighted by molar-refractivity contribution is 7.14. The van der Waals surface area contributed by atoms with Gasteiger partial charge in [0.05, 0.1) is 21.9 Å². The molecule has 8 heteroatoms. The molecule has 0 atom stereocenters. The normalized spacial score (nSPS) is 14.7. The van der Waals surface area contributed by atoms with E-state index in [1.54, 1.807) is 17.5 Å². The standard InChI is InChI=1S/C16H16F3N3OS/c17-16(18,19)11-5-6-13(22-7-1-2-8-22)12(10-11)20-15(23)21-14-4-3-9-24-14/h3-6,9-10H,1-2,7-8H2,(H2,20,21,23). The highest BCUT2D eigenvalue weighted by atomic mass is 32.1. The Labute approximate surface area is 141 Å². The van der Waals surface area contributed by atoms with Crippen molar-refractivity contribution in [1.82, 2.24) is 0 Å². The molecule has 2 N–H and O–H groups in total. The fourth-order valence-corrected chi connectivity index (χ4v) is 3.27. The van der Waals surface area contributed by atoms with Crippen molar-refractivity contribution in [1.29, 1.82) is 0 Å². The van der Waals surface area contributed by atoms with Crippen LogP contribution in [0, 0.1) is 0 Å². The van der Waals surface area contributed by atoms with Crippen molar-refractivity contribution in [2.24, 2.45) is 0 Å². The maximum Gasteiger partial charge on any atom is 0.416 e. The Balaban J connectivity index is 1.85. The zero-order chi connectivity index (χ0) is 17.2. The summed E-state index contributed by atoms with van der Waals surface area (Å²) in [4.78, 5) is 14.1. The van der Waals surface area contributed by atoms with Crippen LogP contribution in [0.5, 0.6) is 0 Å². The second-order valence-electron chi connectivity index (χ2n) is 5.48. The fraction of sp³-hybridized carbons (Fsp3) is 0.312. The largest absolute Gasteiger partial charge is 0.416 e. The summed E-state index contributed by atoms with van der Waals surface area (Å²) in [6.45, 7) is 1.54. The van der Waals surface area contributed by atoms with E-state index >= 15 is 0 Å². The Morgan fingerprint density at radius 3 is 2.50 bits per heavy atom. The number of nitrogens with one attached hydrogen (secondary N) is 2. The molecule has 1 aromatic carbocycles. The van der Waals surface area contributed by atoms with Crippen LogP contribution in [0.2, 0.25) is 0 Å².